The monoisotopic (exact) mass is 415 g/mol. The third kappa shape index (κ3) is 3.82. The van der Waals surface area contributed by atoms with Crippen molar-refractivity contribution in [2.24, 2.45) is 0 Å². The van der Waals surface area contributed by atoms with Gasteiger partial charge in [-0.15, -0.1) is 0 Å². The van der Waals surface area contributed by atoms with Crippen molar-refractivity contribution in [1.82, 2.24) is 9.78 Å². The van der Waals surface area contributed by atoms with Crippen LogP contribution in [0.15, 0.2) is 24.3 Å². The van der Waals surface area contributed by atoms with Crippen LogP contribution in [-0.2, 0) is 14.6 Å². The van der Waals surface area contributed by atoms with E-state index < -0.39 is 9.84 Å². The van der Waals surface area contributed by atoms with Crippen LogP contribution in [0.1, 0.15) is 39.8 Å². The number of amides is 1. The number of anilines is 1. The average Bonchev–Trinajstić information content (AvgIpc) is 3.17. The van der Waals surface area contributed by atoms with Crippen molar-refractivity contribution < 1.29 is 22.7 Å². The highest BCUT2D eigenvalue weighted by Crippen LogP contribution is 2.29. The molecule has 1 atom stereocenters. The van der Waals surface area contributed by atoms with E-state index in [0.717, 1.165) is 17.0 Å². The second-order valence-corrected chi connectivity index (χ2v) is 9.56. The number of nitrogens with zero attached hydrogens (tertiary/aromatic N) is 2. The molecular weight excluding hydrogens is 394 g/mol. The number of hydrogen-bond donors (Lipinski definition) is 1. The molecule has 2 aliphatic heterocycles. The number of ether oxygens (including phenoxy) is 1. The van der Waals surface area contributed by atoms with Crippen molar-refractivity contribution in [2.45, 2.75) is 26.3 Å². The number of carbonyl (C=O) groups excluding carboxylic acids is 2. The number of carbonyl (C=O) groups is 2. The van der Waals surface area contributed by atoms with Crippen LogP contribution in [0, 0.1) is 13.8 Å². The molecule has 8 nitrogen and oxygen atoms in total. The van der Waals surface area contributed by atoms with Crippen LogP contribution in [0.3, 0.4) is 0 Å². The summed E-state index contributed by atoms with van der Waals surface area (Å²) < 4.78 is 30.6. The molecule has 2 aromatic rings. The Morgan fingerprint density at radius 1 is 1.34 bits per heavy atom. The van der Waals surface area contributed by atoms with Crippen LogP contribution >= 0.6 is 0 Å². The molecule has 0 aliphatic carbocycles. The number of aromatic nitrogens is 2. The fraction of sp³-hybridized carbons (Fsp3) is 0.350. The maximum absolute atomic E-state index is 12.6. The van der Waals surface area contributed by atoms with Gasteiger partial charge in [-0.05, 0) is 50.6 Å². The number of aryl methyl sites for hydroxylation is 1. The highest BCUT2D eigenvalue weighted by molar-refractivity contribution is 7.91. The van der Waals surface area contributed by atoms with Gasteiger partial charge in [0.25, 0.3) is 5.91 Å². The van der Waals surface area contributed by atoms with Crippen molar-refractivity contribution in [1.29, 1.82) is 0 Å². The maximum Gasteiger partial charge on any atom is 0.262 e. The Labute approximate surface area is 168 Å². The Balaban J connectivity index is 1.56. The minimum atomic E-state index is -3.01. The van der Waals surface area contributed by atoms with Gasteiger partial charge < -0.3 is 10.1 Å². The lowest BCUT2D eigenvalue weighted by Crippen LogP contribution is -2.25. The Kier molecular flexibility index (Phi) is 4.77. The number of hydrogen-bond acceptors (Lipinski definition) is 6. The zero-order valence-electron chi connectivity index (χ0n) is 16.1. The predicted molar refractivity (Wildman–Crippen MR) is 108 cm³/mol. The molecule has 152 valence electrons. The number of nitrogens with one attached hydrogen (secondary N) is 1. The van der Waals surface area contributed by atoms with Crippen molar-refractivity contribution in [2.75, 3.05) is 23.4 Å². The molecule has 0 saturated carbocycles. The van der Waals surface area contributed by atoms with E-state index >= 15 is 0 Å². The van der Waals surface area contributed by atoms with Crippen LogP contribution in [0.5, 0.6) is 5.75 Å². The second-order valence-electron chi connectivity index (χ2n) is 7.33. The first kappa shape index (κ1) is 19.4. The van der Waals surface area contributed by atoms with Gasteiger partial charge in [-0.3, -0.25) is 14.3 Å². The number of rotatable bonds is 4. The van der Waals surface area contributed by atoms with Gasteiger partial charge in [0.05, 0.1) is 28.9 Å². The Hall–Kier alpha value is -2.94. The van der Waals surface area contributed by atoms with E-state index in [2.05, 4.69) is 10.4 Å². The third-order valence-corrected chi connectivity index (χ3v) is 6.98. The van der Waals surface area contributed by atoms with E-state index in [1.807, 2.05) is 13.8 Å². The van der Waals surface area contributed by atoms with Crippen LogP contribution < -0.4 is 10.1 Å². The Morgan fingerprint density at radius 2 is 2.14 bits per heavy atom. The normalized spacial score (nSPS) is 20.3. The fourth-order valence-electron chi connectivity index (χ4n) is 3.73. The third-order valence-electron chi connectivity index (χ3n) is 5.23. The molecular formula is C20H21N3O5S. The quantitative estimate of drug-likeness (QED) is 0.605. The SMILES string of the molecule is Cc1nn([C@H]2CCS(=O)(=O)C2)c(C)c1/C=C/C(=O)c1ccc2c(c1)NC(=O)CO2. The second kappa shape index (κ2) is 7.14. The van der Waals surface area contributed by atoms with Gasteiger partial charge in [0.15, 0.2) is 22.2 Å². The summed E-state index contributed by atoms with van der Waals surface area (Å²) in [5.74, 6) is 0.329. The molecule has 0 unspecified atom stereocenters. The van der Waals surface area contributed by atoms with Crippen molar-refractivity contribution in [3.63, 3.8) is 0 Å². The van der Waals surface area contributed by atoms with E-state index in [9.17, 15) is 18.0 Å². The number of ketones is 1. The number of fused-ring (bicyclic) bond motifs is 1. The molecule has 2 aliphatic rings. The van der Waals surface area contributed by atoms with E-state index in [0.29, 0.717) is 23.4 Å². The molecule has 0 radical (unpaired) electrons. The van der Waals surface area contributed by atoms with Gasteiger partial charge in [-0.25, -0.2) is 8.42 Å². The standard InChI is InChI=1S/C20H21N3O5S/c1-12-16(13(2)23(22-12)15-7-8-29(26,27)11-15)4-5-18(24)14-3-6-19-17(9-14)21-20(25)10-28-19/h3-6,9,15H,7-8,10-11H2,1-2H3,(H,21,25)/b5-4+/t15-/m0/s1. The number of benzene rings is 1. The highest BCUT2D eigenvalue weighted by Gasteiger charge is 2.31. The van der Waals surface area contributed by atoms with Crippen molar-refractivity contribution >= 4 is 33.3 Å². The van der Waals surface area contributed by atoms with E-state index in [4.69, 9.17) is 4.74 Å². The molecule has 4 rings (SSSR count). The topological polar surface area (TPSA) is 107 Å². The smallest absolute Gasteiger partial charge is 0.262 e. The lowest BCUT2D eigenvalue weighted by molar-refractivity contribution is -0.118. The fourth-order valence-corrected chi connectivity index (χ4v) is 5.42. The highest BCUT2D eigenvalue weighted by atomic mass is 32.2. The summed E-state index contributed by atoms with van der Waals surface area (Å²) in [4.78, 5) is 24.1. The van der Waals surface area contributed by atoms with Crippen molar-refractivity contribution in [3.05, 3.63) is 46.8 Å². The molecule has 3 heterocycles. The Morgan fingerprint density at radius 3 is 2.86 bits per heavy atom. The molecule has 0 bridgehead atoms. The summed E-state index contributed by atoms with van der Waals surface area (Å²) in [5, 5.41) is 7.19. The average molecular weight is 415 g/mol. The van der Waals surface area contributed by atoms with Crippen LogP contribution in [0.2, 0.25) is 0 Å². The summed E-state index contributed by atoms with van der Waals surface area (Å²) in [5.41, 5.74) is 3.28. The van der Waals surface area contributed by atoms with Gasteiger partial charge in [-0.2, -0.15) is 5.10 Å². The molecule has 1 N–H and O–H groups in total. The summed E-state index contributed by atoms with van der Waals surface area (Å²) in [6.07, 6.45) is 3.71. The molecule has 9 heteroatoms. The lowest BCUT2D eigenvalue weighted by atomic mass is 10.1. The van der Waals surface area contributed by atoms with Gasteiger partial charge in [-0.1, -0.05) is 0 Å². The summed E-state index contributed by atoms with van der Waals surface area (Å²) in [6.45, 7) is 3.68. The van der Waals surface area contributed by atoms with Crippen LogP contribution in [0.4, 0.5) is 5.69 Å². The van der Waals surface area contributed by atoms with Crippen LogP contribution in [-0.4, -0.2) is 48.0 Å². The van der Waals surface area contributed by atoms with Gasteiger partial charge in [0, 0.05) is 16.8 Å². The van der Waals surface area contributed by atoms with Gasteiger partial charge in [0.2, 0.25) is 0 Å². The zero-order chi connectivity index (χ0) is 20.8. The summed E-state index contributed by atoms with van der Waals surface area (Å²) in [6, 6.07) is 4.73. The molecule has 1 saturated heterocycles. The Bertz CT molecular complexity index is 1150. The molecule has 1 amide bonds. The minimum Gasteiger partial charge on any atom is -0.482 e. The first-order valence-electron chi connectivity index (χ1n) is 9.29. The largest absolute Gasteiger partial charge is 0.482 e. The molecule has 0 spiro atoms. The minimum absolute atomic E-state index is 0.0367. The summed E-state index contributed by atoms with van der Waals surface area (Å²) in [7, 11) is -3.01. The summed E-state index contributed by atoms with van der Waals surface area (Å²) >= 11 is 0. The zero-order valence-corrected chi connectivity index (χ0v) is 17.0. The maximum atomic E-state index is 12.6. The molecule has 1 fully saturated rings. The van der Waals surface area contributed by atoms with E-state index in [1.165, 1.54) is 6.08 Å². The molecule has 1 aromatic carbocycles. The first-order chi connectivity index (χ1) is 13.7. The number of allylic oxidation sites excluding steroid dienone is 1. The lowest BCUT2D eigenvalue weighted by Gasteiger charge is -2.17. The molecule has 1 aromatic heterocycles. The predicted octanol–water partition coefficient (Wildman–Crippen LogP) is 2.09. The first-order valence-corrected chi connectivity index (χ1v) is 11.1. The van der Waals surface area contributed by atoms with Crippen molar-refractivity contribution in [3.8, 4) is 5.75 Å². The molecule has 29 heavy (non-hydrogen) atoms. The van der Waals surface area contributed by atoms with E-state index in [-0.39, 0.29) is 35.8 Å². The van der Waals surface area contributed by atoms with E-state index in [1.54, 1.807) is 29.0 Å². The van der Waals surface area contributed by atoms with Gasteiger partial charge >= 0.3 is 0 Å². The van der Waals surface area contributed by atoms with Gasteiger partial charge in [0.1, 0.15) is 5.75 Å². The number of sulfone groups is 1. The van der Waals surface area contributed by atoms with Crippen LogP contribution in [0.25, 0.3) is 6.08 Å².